The molecule has 0 spiro atoms. The Morgan fingerprint density at radius 1 is 1.16 bits per heavy atom. The summed E-state index contributed by atoms with van der Waals surface area (Å²) in [5.41, 5.74) is 6.41. The Morgan fingerprint density at radius 2 is 1.84 bits per heavy atom. The van der Waals surface area contributed by atoms with Gasteiger partial charge in [0.15, 0.2) is 0 Å². The van der Waals surface area contributed by atoms with Crippen molar-refractivity contribution in [3.05, 3.63) is 59.4 Å². The van der Waals surface area contributed by atoms with Crippen LogP contribution in [0.2, 0.25) is 0 Å². The smallest absolute Gasteiger partial charge is 0.141 e. The molecule has 0 aliphatic rings. The fourth-order valence-electron chi connectivity index (χ4n) is 1.86. The molecule has 0 unspecified atom stereocenters. The average Bonchev–Trinajstić information content (AvgIpc) is 2.39. The molecule has 4 heteroatoms. The van der Waals surface area contributed by atoms with Crippen molar-refractivity contribution in [2.24, 2.45) is 5.73 Å². The van der Waals surface area contributed by atoms with Gasteiger partial charge in [-0.3, -0.25) is 5.41 Å². The third kappa shape index (κ3) is 2.73. The lowest BCUT2D eigenvalue weighted by atomic mass is 10.1. The summed E-state index contributed by atoms with van der Waals surface area (Å²) in [5.74, 6) is 0.00700. The number of halogens is 1. The van der Waals surface area contributed by atoms with Crippen LogP contribution in [0.25, 0.3) is 0 Å². The van der Waals surface area contributed by atoms with Gasteiger partial charge in [-0.25, -0.2) is 4.39 Å². The lowest BCUT2D eigenvalue weighted by Crippen LogP contribution is -2.14. The van der Waals surface area contributed by atoms with Gasteiger partial charge in [-0.05, 0) is 30.2 Å². The summed E-state index contributed by atoms with van der Waals surface area (Å²) >= 11 is 0. The molecule has 2 aromatic rings. The van der Waals surface area contributed by atoms with Gasteiger partial charge >= 0.3 is 0 Å². The molecule has 98 valence electrons. The predicted molar refractivity (Wildman–Crippen MR) is 73.3 cm³/mol. The number of hydrogen-bond acceptors (Lipinski definition) is 2. The molecule has 0 aromatic heterocycles. The van der Waals surface area contributed by atoms with Crippen molar-refractivity contribution in [2.45, 2.75) is 13.3 Å². The van der Waals surface area contributed by atoms with Crippen LogP contribution >= 0.6 is 0 Å². The highest BCUT2D eigenvalue weighted by atomic mass is 19.1. The van der Waals surface area contributed by atoms with Crippen molar-refractivity contribution in [3.63, 3.8) is 0 Å². The molecule has 3 N–H and O–H groups in total. The summed E-state index contributed by atoms with van der Waals surface area (Å²) in [7, 11) is 0. The van der Waals surface area contributed by atoms with E-state index in [1.807, 2.05) is 31.2 Å². The second kappa shape index (κ2) is 5.52. The number of para-hydroxylation sites is 1. The van der Waals surface area contributed by atoms with E-state index in [2.05, 4.69) is 0 Å². The van der Waals surface area contributed by atoms with Gasteiger partial charge in [-0.15, -0.1) is 0 Å². The van der Waals surface area contributed by atoms with Crippen molar-refractivity contribution in [1.82, 2.24) is 0 Å². The van der Waals surface area contributed by atoms with Crippen molar-refractivity contribution < 1.29 is 9.13 Å². The number of amidine groups is 1. The predicted octanol–water partition coefficient (Wildman–Crippen LogP) is 3.46. The van der Waals surface area contributed by atoms with E-state index in [-0.39, 0.29) is 17.1 Å². The first-order valence-corrected chi connectivity index (χ1v) is 6.02. The van der Waals surface area contributed by atoms with Crippen LogP contribution in [0, 0.1) is 11.2 Å². The van der Waals surface area contributed by atoms with Crippen LogP contribution in [0.5, 0.6) is 11.5 Å². The normalized spacial score (nSPS) is 10.2. The summed E-state index contributed by atoms with van der Waals surface area (Å²) in [6.07, 6.45) is 0.806. The third-order valence-corrected chi connectivity index (χ3v) is 2.82. The summed E-state index contributed by atoms with van der Waals surface area (Å²) in [6.45, 7) is 2.01. The van der Waals surface area contributed by atoms with Crippen LogP contribution in [0.15, 0.2) is 42.5 Å². The zero-order chi connectivity index (χ0) is 13.8. The maximum absolute atomic E-state index is 13.7. The standard InChI is InChI=1S/C15H15FN2O/c1-2-10-6-3-4-8-12(10)19-13-9-5-7-11(16)14(13)15(17)18/h3-9H,2H2,1H3,(H3,17,18). The molecule has 0 aliphatic heterocycles. The summed E-state index contributed by atoms with van der Waals surface area (Å²) in [4.78, 5) is 0. The number of nitrogen functional groups attached to an aromatic ring is 1. The van der Waals surface area contributed by atoms with Crippen LogP contribution in [0.1, 0.15) is 18.1 Å². The van der Waals surface area contributed by atoms with Crippen molar-refractivity contribution in [3.8, 4) is 11.5 Å². The van der Waals surface area contributed by atoms with Gasteiger partial charge in [0.25, 0.3) is 0 Å². The van der Waals surface area contributed by atoms with Crippen LogP contribution in [0.3, 0.4) is 0 Å². The molecule has 0 amide bonds. The number of benzene rings is 2. The fourth-order valence-corrected chi connectivity index (χ4v) is 1.86. The Hall–Kier alpha value is -2.36. The highest BCUT2D eigenvalue weighted by Crippen LogP contribution is 2.29. The minimum absolute atomic E-state index is 0.00611. The van der Waals surface area contributed by atoms with Gasteiger partial charge in [0.05, 0.1) is 5.56 Å². The number of hydrogen-bond donors (Lipinski definition) is 2. The molecule has 0 bridgehead atoms. The molecule has 0 fully saturated rings. The highest BCUT2D eigenvalue weighted by Gasteiger charge is 2.14. The number of nitrogens with two attached hydrogens (primary N) is 1. The molecule has 2 rings (SSSR count). The zero-order valence-electron chi connectivity index (χ0n) is 10.6. The number of ether oxygens (including phenoxy) is 1. The quantitative estimate of drug-likeness (QED) is 0.651. The Morgan fingerprint density at radius 3 is 2.53 bits per heavy atom. The van der Waals surface area contributed by atoms with E-state index in [0.29, 0.717) is 5.75 Å². The maximum atomic E-state index is 13.7. The van der Waals surface area contributed by atoms with Crippen LogP contribution < -0.4 is 10.5 Å². The topological polar surface area (TPSA) is 59.1 Å². The highest BCUT2D eigenvalue weighted by molar-refractivity contribution is 5.98. The van der Waals surface area contributed by atoms with Crippen molar-refractivity contribution >= 4 is 5.84 Å². The van der Waals surface area contributed by atoms with E-state index in [4.69, 9.17) is 15.9 Å². The molecule has 0 heterocycles. The Bertz CT molecular complexity index is 611. The van der Waals surface area contributed by atoms with Crippen molar-refractivity contribution in [1.29, 1.82) is 5.41 Å². The molecule has 2 aromatic carbocycles. The van der Waals surface area contributed by atoms with E-state index in [1.54, 1.807) is 6.07 Å². The van der Waals surface area contributed by atoms with Gasteiger partial charge in [-0.2, -0.15) is 0 Å². The molecule has 0 aliphatic carbocycles. The second-order valence-electron chi connectivity index (χ2n) is 4.09. The van der Waals surface area contributed by atoms with Gasteiger partial charge in [0, 0.05) is 0 Å². The maximum Gasteiger partial charge on any atom is 0.141 e. The van der Waals surface area contributed by atoms with Crippen LogP contribution in [-0.4, -0.2) is 5.84 Å². The minimum atomic E-state index is -0.557. The summed E-state index contributed by atoms with van der Waals surface area (Å²) in [5, 5.41) is 7.44. The average molecular weight is 258 g/mol. The van der Waals surface area contributed by atoms with E-state index in [1.165, 1.54) is 12.1 Å². The molecular formula is C15H15FN2O. The van der Waals surface area contributed by atoms with E-state index < -0.39 is 5.82 Å². The molecule has 0 saturated carbocycles. The molecular weight excluding hydrogens is 243 g/mol. The Kier molecular flexibility index (Phi) is 3.80. The number of rotatable bonds is 4. The number of nitrogens with one attached hydrogen (secondary N) is 1. The SMILES string of the molecule is CCc1ccccc1Oc1cccc(F)c1C(=N)N. The first-order valence-electron chi connectivity index (χ1n) is 6.02. The molecule has 0 radical (unpaired) electrons. The van der Waals surface area contributed by atoms with Gasteiger partial charge in [0.2, 0.25) is 0 Å². The summed E-state index contributed by atoms with van der Waals surface area (Å²) < 4.78 is 19.4. The lowest BCUT2D eigenvalue weighted by Gasteiger charge is -2.13. The van der Waals surface area contributed by atoms with Crippen molar-refractivity contribution in [2.75, 3.05) is 0 Å². The molecule has 0 saturated heterocycles. The van der Waals surface area contributed by atoms with E-state index >= 15 is 0 Å². The van der Waals surface area contributed by atoms with Gasteiger partial charge in [0.1, 0.15) is 23.2 Å². The minimum Gasteiger partial charge on any atom is -0.456 e. The van der Waals surface area contributed by atoms with E-state index in [0.717, 1.165) is 12.0 Å². The molecule has 3 nitrogen and oxygen atoms in total. The lowest BCUT2D eigenvalue weighted by molar-refractivity contribution is 0.469. The fraction of sp³-hybridized carbons (Fsp3) is 0.133. The third-order valence-electron chi connectivity index (χ3n) is 2.82. The molecule has 19 heavy (non-hydrogen) atoms. The first-order chi connectivity index (χ1) is 9.13. The number of aryl methyl sites for hydroxylation is 1. The first kappa shape index (κ1) is 13.1. The van der Waals surface area contributed by atoms with Crippen LogP contribution in [0.4, 0.5) is 4.39 Å². The Balaban J connectivity index is 2.44. The molecule has 0 atom stereocenters. The largest absolute Gasteiger partial charge is 0.456 e. The Labute approximate surface area is 111 Å². The summed E-state index contributed by atoms with van der Waals surface area (Å²) in [6, 6.07) is 11.9. The van der Waals surface area contributed by atoms with Gasteiger partial charge < -0.3 is 10.5 Å². The van der Waals surface area contributed by atoms with E-state index in [9.17, 15) is 4.39 Å². The van der Waals surface area contributed by atoms with Gasteiger partial charge in [-0.1, -0.05) is 31.2 Å². The van der Waals surface area contributed by atoms with Crippen LogP contribution in [-0.2, 0) is 6.42 Å². The monoisotopic (exact) mass is 258 g/mol. The second-order valence-corrected chi connectivity index (χ2v) is 4.09. The zero-order valence-corrected chi connectivity index (χ0v) is 10.6.